The molecule has 2 saturated heterocycles. The van der Waals surface area contributed by atoms with E-state index in [1.54, 1.807) is 20.8 Å². The molecule has 238 valence electrons. The quantitative estimate of drug-likeness (QED) is 0.309. The molecule has 0 aromatic rings. The van der Waals surface area contributed by atoms with Crippen LogP contribution in [0.4, 0.5) is 0 Å². The number of esters is 1. The highest BCUT2D eigenvalue weighted by molar-refractivity contribution is 5.96. The van der Waals surface area contributed by atoms with Crippen molar-refractivity contribution in [3.63, 3.8) is 0 Å². The number of amides is 5. The fourth-order valence-corrected chi connectivity index (χ4v) is 5.07. The molecule has 7 atom stereocenters. The van der Waals surface area contributed by atoms with Crippen LogP contribution in [0.1, 0.15) is 73.6 Å². The first-order valence-electron chi connectivity index (χ1n) is 15.0. The summed E-state index contributed by atoms with van der Waals surface area (Å²) < 4.78 is 5.53. The van der Waals surface area contributed by atoms with Gasteiger partial charge in [0.05, 0.1) is 6.42 Å². The van der Waals surface area contributed by atoms with Gasteiger partial charge in [0.25, 0.3) is 5.91 Å². The van der Waals surface area contributed by atoms with Gasteiger partial charge in [0.2, 0.25) is 23.6 Å². The van der Waals surface area contributed by atoms with Crippen LogP contribution in [-0.2, 0) is 33.5 Å². The lowest BCUT2D eigenvalue weighted by molar-refractivity contribution is -0.162. The van der Waals surface area contributed by atoms with Crippen LogP contribution in [0.5, 0.6) is 0 Å². The number of rotatable bonds is 6. The maximum atomic E-state index is 13.6. The van der Waals surface area contributed by atoms with Crippen LogP contribution in [0.3, 0.4) is 0 Å². The van der Waals surface area contributed by atoms with Crippen molar-refractivity contribution in [2.75, 3.05) is 26.7 Å². The highest BCUT2D eigenvalue weighted by Gasteiger charge is 2.41. The van der Waals surface area contributed by atoms with Crippen molar-refractivity contribution in [2.45, 2.75) is 104 Å². The van der Waals surface area contributed by atoms with E-state index in [4.69, 9.17) is 4.74 Å². The number of carbonyl (C=O) groups is 6. The lowest BCUT2D eigenvalue weighted by atomic mass is 9.95. The third kappa shape index (κ3) is 8.89. The molecule has 0 saturated carbocycles. The van der Waals surface area contributed by atoms with Crippen molar-refractivity contribution >= 4 is 35.5 Å². The molecule has 2 aliphatic rings. The van der Waals surface area contributed by atoms with E-state index in [0.717, 1.165) is 0 Å². The van der Waals surface area contributed by atoms with E-state index >= 15 is 0 Å². The molecule has 2 unspecified atom stereocenters. The smallest absolute Gasteiger partial charge is 0.308 e. The Morgan fingerprint density at radius 3 is 2.19 bits per heavy atom. The highest BCUT2D eigenvalue weighted by atomic mass is 16.5. The second-order valence-corrected chi connectivity index (χ2v) is 12.0. The SMILES string of the molecule is CCC(C)[C@@H]1NC(=O)[C@@H]2CCCN2C(=O)[C@@H](CC(C)CO)OC(=O)CCNC(=O)[C@H](C)N(C)C(=O)[C@H](C(C)C)NC1=O. The van der Waals surface area contributed by atoms with Crippen LogP contribution in [-0.4, -0.2) is 107 Å². The fraction of sp³-hybridized carbons (Fsp3) is 0.793. The number of aliphatic hydroxyl groups excluding tert-OH is 1. The normalized spacial score (nSPS) is 29.0. The van der Waals surface area contributed by atoms with Gasteiger partial charge in [-0.15, -0.1) is 0 Å². The van der Waals surface area contributed by atoms with Gasteiger partial charge in [-0.2, -0.15) is 0 Å². The van der Waals surface area contributed by atoms with Crippen molar-refractivity contribution in [2.24, 2.45) is 17.8 Å². The van der Waals surface area contributed by atoms with Gasteiger partial charge in [0, 0.05) is 26.7 Å². The highest BCUT2D eigenvalue weighted by Crippen LogP contribution is 2.23. The topological polar surface area (TPSA) is 174 Å². The van der Waals surface area contributed by atoms with Crippen LogP contribution in [0.15, 0.2) is 0 Å². The van der Waals surface area contributed by atoms with Gasteiger partial charge in [-0.3, -0.25) is 28.8 Å². The molecule has 42 heavy (non-hydrogen) atoms. The first-order chi connectivity index (χ1) is 19.7. The predicted octanol–water partition coefficient (Wildman–Crippen LogP) is -0.0538. The molecule has 13 nitrogen and oxygen atoms in total. The number of aliphatic hydroxyl groups is 1. The standard InChI is InChI=1S/C29H49N5O8/c1-8-18(5)24-27(39)31-23(16(2)3)29(41)33(7)19(6)25(37)30-12-11-22(36)42-21(14-17(4)15-35)28(40)34-13-9-10-20(34)26(38)32-24/h16-21,23-24,35H,8-15H2,1-7H3,(H,30,37)(H,31,39)(H,32,38)/t17?,18?,19-,20-,21+,23-,24-/m0/s1. The Labute approximate surface area is 248 Å². The van der Waals surface area contributed by atoms with Gasteiger partial charge in [0.1, 0.15) is 24.2 Å². The maximum Gasteiger partial charge on any atom is 0.308 e. The van der Waals surface area contributed by atoms with Crippen LogP contribution < -0.4 is 16.0 Å². The van der Waals surface area contributed by atoms with Crippen LogP contribution in [0.25, 0.3) is 0 Å². The molecule has 2 rings (SSSR count). The molecule has 0 aliphatic carbocycles. The average Bonchev–Trinajstić information content (AvgIpc) is 3.45. The molecule has 2 heterocycles. The minimum absolute atomic E-state index is 0.0523. The van der Waals surface area contributed by atoms with E-state index < -0.39 is 65.8 Å². The minimum atomic E-state index is -1.23. The van der Waals surface area contributed by atoms with Gasteiger partial charge in [0.15, 0.2) is 6.10 Å². The fourth-order valence-electron chi connectivity index (χ4n) is 5.07. The third-order valence-corrected chi connectivity index (χ3v) is 8.28. The Bertz CT molecular complexity index is 1000. The van der Waals surface area contributed by atoms with Crippen molar-refractivity contribution in [3.8, 4) is 0 Å². The van der Waals surface area contributed by atoms with Crippen molar-refractivity contribution < 1.29 is 38.6 Å². The largest absolute Gasteiger partial charge is 0.452 e. The summed E-state index contributed by atoms with van der Waals surface area (Å²) in [6, 6.07) is -3.73. The van der Waals surface area contributed by atoms with E-state index in [9.17, 15) is 33.9 Å². The summed E-state index contributed by atoms with van der Waals surface area (Å²) in [7, 11) is 1.46. The summed E-state index contributed by atoms with van der Waals surface area (Å²) in [6.07, 6.45) is 0.0645. The summed E-state index contributed by atoms with van der Waals surface area (Å²) in [4.78, 5) is 82.3. The number of ether oxygens (including phenoxy) is 1. The first-order valence-corrected chi connectivity index (χ1v) is 15.0. The summed E-state index contributed by atoms with van der Waals surface area (Å²) in [5.41, 5.74) is 0. The third-order valence-electron chi connectivity index (χ3n) is 8.28. The first kappa shape index (κ1) is 35.0. The van der Waals surface area contributed by atoms with Crippen molar-refractivity contribution in [1.82, 2.24) is 25.8 Å². The van der Waals surface area contributed by atoms with Gasteiger partial charge >= 0.3 is 5.97 Å². The zero-order valence-corrected chi connectivity index (χ0v) is 26.0. The molecular weight excluding hydrogens is 546 g/mol. The molecule has 5 amide bonds. The van der Waals surface area contributed by atoms with Crippen LogP contribution >= 0.6 is 0 Å². The summed E-state index contributed by atoms with van der Waals surface area (Å²) in [5, 5.41) is 17.8. The molecule has 2 fully saturated rings. The molecule has 0 aromatic heterocycles. The lowest BCUT2D eigenvalue weighted by Gasteiger charge is -2.33. The lowest BCUT2D eigenvalue weighted by Crippen LogP contribution is -2.60. The summed E-state index contributed by atoms with van der Waals surface area (Å²) >= 11 is 0. The monoisotopic (exact) mass is 595 g/mol. The van der Waals surface area contributed by atoms with Gasteiger partial charge < -0.3 is 35.6 Å². The van der Waals surface area contributed by atoms with E-state index in [-0.39, 0.29) is 50.3 Å². The molecule has 0 bridgehead atoms. The van der Waals surface area contributed by atoms with E-state index in [1.807, 2.05) is 13.8 Å². The Morgan fingerprint density at radius 2 is 1.60 bits per heavy atom. The van der Waals surface area contributed by atoms with Gasteiger partial charge in [-0.1, -0.05) is 41.0 Å². The maximum absolute atomic E-state index is 13.6. The Balaban J connectivity index is 2.48. The number of likely N-dealkylation sites (N-methyl/N-ethyl adjacent to an activating group) is 1. The number of hydrogen-bond acceptors (Lipinski definition) is 8. The number of nitrogens with zero attached hydrogens (tertiary/aromatic N) is 2. The number of fused-ring (bicyclic) bond motifs is 1. The molecule has 13 heteroatoms. The molecule has 2 aliphatic heterocycles. The number of hydrogen-bond donors (Lipinski definition) is 4. The molecular formula is C29H49N5O8. The molecule has 0 radical (unpaired) electrons. The minimum Gasteiger partial charge on any atom is -0.452 e. The molecule has 0 spiro atoms. The zero-order chi connectivity index (χ0) is 31.7. The van der Waals surface area contributed by atoms with Crippen LogP contribution in [0, 0.1) is 17.8 Å². The second kappa shape index (κ2) is 15.9. The van der Waals surface area contributed by atoms with E-state index in [0.29, 0.717) is 19.3 Å². The summed E-state index contributed by atoms with van der Waals surface area (Å²) in [5.74, 6) is -4.26. The number of carbonyl (C=O) groups excluding carboxylic acids is 6. The van der Waals surface area contributed by atoms with E-state index in [2.05, 4.69) is 16.0 Å². The summed E-state index contributed by atoms with van der Waals surface area (Å²) in [6.45, 7) is 10.4. The average molecular weight is 596 g/mol. The second-order valence-electron chi connectivity index (χ2n) is 12.0. The van der Waals surface area contributed by atoms with Gasteiger partial charge in [-0.25, -0.2) is 0 Å². The van der Waals surface area contributed by atoms with Gasteiger partial charge in [-0.05, 0) is 43.9 Å². The Hall–Kier alpha value is -3.22. The molecule has 0 aromatic carbocycles. The predicted molar refractivity (Wildman–Crippen MR) is 153 cm³/mol. The van der Waals surface area contributed by atoms with Crippen molar-refractivity contribution in [1.29, 1.82) is 0 Å². The number of nitrogens with one attached hydrogen (secondary N) is 3. The van der Waals surface area contributed by atoms with E-state index in [1.165, 1.54) is 23.8 Å². The number of cyclic esters (lactones) is 1. The Kier molecular flexibility index (Phi) is 13.2. The Morgan fingerprint density at radius 1 is 0.952 bits per heavy atom. The van der Waals surface area contributed by atoms with Crippen molar-refractivity contribution in [3.05, 3.63) is 0 Å². The molecule has 4 N–H and O–H groups in total. The zero-order valence-electron chi connectivity index (χ0n) is 26.0. The van der Waals surface area contributed by atoms with Crippen LogP contribution in [0.2, 0.25) is 0 Å².